The van der Waals surface area contributed by atoms with Gasteiger partial charge < -0.3 is 9.47 Å². The summed E-state index contributed by atoms with van der Waals surface area (Å²) in [4.78, 5) is 19.3. The van der Waals surface area contributed by atoms with Crippen molar-refractivity contribution >= 4 is 40.5 Å². The van der Waals surface area contributed by atoms with Gasteiger partial charge in [-0.25, -0.2) is 4.39 Å². The number of rotatable bonds is 7. The molecule has 0 N–H and O–H groups in total. The van der Waals surface area contributed by atoms with E-state index < -0.39 is 0 Å². The van der Waals surface area contributed by atoms with Crippen molar-refractivity contribution in [3.63, 3.8) is 0 Å². The average molecular weight is 449 g/mol. The van der Waals surface area contributed by atoms with Crippen molar-refractivity contribution in [2.45, 2.75) is 20.5 Å². The van der Waals surface area contributed by atoms with Gasteiger partial charge in [0, 0.05) is 13.1 Å². The Kier molecular flexibility index (Phi) is 7.39. The molecule has 3 rings (SSSR count). The molecule has 0 atom stereocenters. The number of hydrogen-bond acceptors (Lipinski definition) is 5. The van der Waals surface area contributed by atoms with Crippen molar-refractivity contribution < 1.29 is 18.7 Å². The van der Waals surface area contributed by atoms with E-state index in [4.69, 9.17) is 21.1 Å². The lowest BCUT2D eigenvalue weighted by Crippen LogP contribution is -2.28. The predicted molar refractivity (Wildman–Crippen MR) is 120 cm³/mol. The SMILES string of the molecule is CCN=C1S/C(=C/c2cc(Cl)c(OCc3ccc(F)cc3)c(OC)c2)C(=O)N1CC. The van der Waals surface area contributed by atoms with E-state index in [9.17, 15) is 9.18 Å². The van der Waals surface area contributed by atoms with Crippen molar-refractivity contribution in [1.82, 2.24) is 4.90 Å². The predicted octanol–water partition coefficient (Wildman–Crippen LogP) is 5.38. The molecule has 1 amide bonds. The molecule has 1 aliphatic rings. The number of nitrogens with zero attached hydrogens (tertiary/aromatic N) is 2. The van der Waals surface area contributed by atoms with Gasteiger partial charge in [0.1, 0.15) is 12.4 Å². The van der Waals surface area contributed by atoms with Gasteiger partial charge in [-0.15, -0.1) is 0 Å². The normalized spacial score (nSPS) is 16.6. The Morgan fingerprint density at radius 2 is 1.97 bits per heavy atom. The zero-order chi connectivity index (χ0) is 21.7. The smallest absolute Gasteiger partial charge is 0.266 e. The van der Waals surface area contributed by atoms with E-state index in [1.807, 2.05) is 13.8 Å². The number of ether oxygens (including phenoxy) is 2. The van der Waals surface area contributed by atoms with Gasteiger partial charge in [0.05, 0.1) is 17.0 Å². The van der Waals surface area contributed by atoms with Crippen LogP contribution in [0.3, 0.4) is 0 Å². The van der Waals surface area contributed by atoms with Crippen LogP contribution in [-0.2, 0) is 11.4 Å². The number of carbonyl (C=O) groups is 1. The molecular weight excluding hydrogens is 427 g/mol. The lowest BCUT2D eigenvalue weighted by molar-refractivity contribution is -0.122. The highest BCUT2D eigenvalue weighted by molar-refractivity contribution is 8.18. The van der Waals surface area contributed by atoms with E-state index in [2.05, 4.69) is 4.99 Å². The number of amidine groups is 1. The Morgan fingerprint density at radius 3 is 2.60 bits per heavy atom. The molecule has 1 fully saturated rings. The van der Waals surface area contributed by atoms with Crippen molar-refractivity contribution in [2.75, 3.05) is 20.2 Å². The zero-order valence-corrected chi connectivity index (χ0v) is 18.5. The number of carbonyl (C=O) groups excluding carboxylic acids is 1. The molecule has 0 bridgehead atoms. The molecule has 1 heterocycles. The maximum absolute atomic E-state index is 13.1. The summed E-state index contributed by atoms with van der Waals surface area (Å²) >= 11 is 7.79. The fraction of sp³-hybridized carbons (Fsp3) is 0.273. The molecule has 0 spiro atoms. The van der Waals surface area contributed by atoms with Crippen molar-refractivity contribution in [2.24, 2.45) is 4.99 Å². The van der Waals surface area contributed by atoms with Gasteiger partial charge in [-0.3, -0.25) is 14.7 Å². The molecule has 0 unspecified atom stereocenters. The van der Waals surface area contributed by atoms with Crippen LogP contribution in [0, 0.1) is 5.82 Å². The summed E-state index contributed by atoms with van der Waals surface area (Å²) in [6.07, 6.45) is 1.77. The van der Waals surface area contributed by atoms with Gasteiger partial charge in [0.25, 0.3) is 5.91 Å². The maximum Gasteiger partial charge on any atom is 0.266 e. The topological polar surface area (TPSA) is 51.1 Å². The molecule has 5 nitrogen and oxygen atoms in total. The van der Waals surface area contributed by atoms with Crippen LogP contribution in [0.1, 0.15) is 25.0 Å². The summed E-state index contributed by atoms with van der Waals surface area (Å²) in [5.41, 5.74) is 1.52. The zero-order valence-electron chi connectivity index (χ0n) is 16.9. The van der Waals surface area contributed by atoms with Gasteiger partial charge in [-0.1, -0.05) is 23.7 Å². The van der Waals surface area contributed by atoms with E-state index in [0.29, 0.717) is 39.7 Å². The van der Waals surface area contributed by atoms with Crippen LogP contribution < -0.4 is 9.47 Å². The third kappa shape index (κ3) is 4.96. The number of hydrogen-bond donors (Lipinski definition) is 0. The third-order valence-electron chi connectivity index (χ3n) is 4.34. The van der Waals surface area contributed by atoms with Crippen LogP contribution in [0.15, 0.2) is 46.3 Å². The molecule has 0 aliphatic carbocycles. The first-order valence-corrected chi connectivity index (χ1v) is 10.7. The number of benzene rings is 2. The summed E-state index contributed by atoms with van der Waals surface area (Å²) in [7, 11) is 1.52. The second kappa shape index (κ2) is 10.00. The van der Waals surface area contributed by atoms with Crippen LogP contribution in [0.2, 0.25) is 5.02 Å². The lowest BCUT2D eigenvalue weighted by Gasteiger charge is -2.14. The average Bonchev–Trinajstić information content (AvgIpc) is 3.02. The lowest BCUT2D eigenvalue weighted by atomic mass is 10.1. The number of thioether (sulfide) groups is 1. The number of amides is 1. The molecule has 2 aromatic carbocycles. The number of likely N-dealkylation sites (N-methyl/N-ethyl adjacent to an activating group) is 1. The summed E-state index contributed by atoms with van der Waals surface area (Å²) in [5, 5.41) is 1.06. The maximum atomic E-state index is 13.1. The van der Waals surface area contributed by atoms with E-state index in [0.717, 1.165) is 11.1 Å². The number of halogens is 2. The molecule has 0 aromatic heterocycles. The van der Waals surface area contributed by atoms with Crippen LogP contribution in [0.4, 0.5) is 4.39 Å². The first-order chi connectivity index (χ1) is 14.5. The largest absolute Gasteiger partial charge is 0.493 e. The van der Waals surface area contributed by atoms with E-state index in [1.54, 1.807) is 35.2 Å². The highest BCUT2D eigenvalue weighted by Crippen LogP contribution is 2.39. The molecule has 8 heteroatoms. The van der Waals surface area contributed by atoms with Crippen LogP contribution >= 0.6 is 23.4 Å². The minimum Gasteiger partial charge on any atom is -0.493 e. The summed E-state index contributed by atoms with van der Waals surface area (Å²) in [6.45, 7) is 5.23. The molecule has 30 heavy (non-hydrogen) atoms. The second-order valence-electron chi connectivity index (χ2n) is 6.37. The molecule has 0 radical (unpaired) electrons. The van der Waals surface area contributed by atoms with E-state index >= 15 is 0 Å². The Balaban J connectivity index is 1.84. The third-order valence-corrected chi connectivity index (χ3v) is 5.67. The Labute approximate surface area is 184 Å². The fourth-order valence-corrected chi connectivity index (χ4v) is 4.27. The summed E-state index contributed by atoms with van der Waals surface area (Å²) in [6, 6.07) is 9.52. The van der Waals surface area contributed by atoms with Gasteiger partial charge in [-0.2, -0.15) is 0 Å². The molecule has 1 saturated heterocycles. The molecular formula is C22H22ClFN2O3S. The Hall–Kier alpha value is -2.51. The van der Waals surface area contributed by atoms with Crippen LogP contribution in [0.25, 0.3) is 6.08 Å². The first kappa shape index (κ1) is 22.2. The van der Waals surface area contributed by atoms with Crippen LogP contribution in [0.5, 0.6) is 11.5 Å². The Morgan fingerprint density at radius 1 is 1.23 bits per heavy atom. The molecule has 1 aliphatic heterocycles. The van der Waals surface area contributed by atoms with Crippen molar-refractivity contribution in [1.29, 1.82) is 0 Å². The van der Waals surface area contributed by atoms with Gasteiger partial charge in [0.15, 0.2) is 16.7 Å². The number of methoxy groups -OCH3 is 1. The summed E-state index contributed by atoms with van der Waals surface area (Å²) < 4.78 is 24.3. The monoisotopic (exact) mass is 448 g/mol. The van der Waals surface area contributed by atoms with Gasteiger partial charge in [-0.05, 0) is 67.1 Å². The fourth-order valence-electron chi connectivity index (χ4n) is 2.89. The quantitative estimate of drug-likeness (QED) is 0.534. The highest BCUT2D eigenvalue weighted by atomic mass is 35.5. The standard InChI is InChI=1S/C22H22ClFN2O3S/c1-4-25-22-26(5-2)21(27)19(30-22)12-15-10-17(23)20(18(11-15)28-3)29-13-14-6-8-16(24)9-7-14/h6-12H,4-5,13H2,1-3H3/b19-12+,25-22?. The van der Waals surface area contributed by atoms with E-state index in [-0.39, 0.29) is 18.3 Å². The van der Waals surface area contributed by atoms with Crippen LogP contribution in [-0.4, -0.2) is 36.2 Å². The molecule has 158 valence electrons. The minimum atomic E-state index is -0.306. The van der Waals surface area contributed by atoms with Crippen molar-refractivity contribution in [3.05, 3.63) is 63.3 Å². The van der Waals surface area contributed by atoms with E-state index in [1.165, 1.54) is 31.0 Å². The van der Waals surface area contributed by atoms with Gasteiger partial charge >= 0.3 is 0 Å². The second-order valence-corrected chi connectivity index (χ2v) is 7.78. The molecule has 2 aromatic rings. The minimum absolute atomic E-state index is 0.0820. The van der Waals surface area contributed by atoms with Gasteiger partial charge in [0.2, 0.25) is 0 Å². The number of aliphatic imine (C=N–C) groups is 1. The van der Waals surface area contributed by atoms with Crippen molar-refractivity contribution in [3.8, 4) is 11.5 Å². The summed E-state index contributed by atoms with van der Waals surface area (Å²) in [5.74, 6) is 0.447. The first-order valence-electron chi connectivity index (χ1n) is 9.47. The highest BCUT2D eigenvalue weighted by Gasteiger charge is 2.31. The molecule has 0 saturated carbocycles. The Bertz CT molecular complexity index is 993.